The second-order valence-corrected chi connectivity index (χ2v) is 6.51. The van der Waals surface area contributed by atoms with Crippen molar-refractivity contribution in [3.8, 4) is 0 Å². The minimum absolute atomic E-state index is 0.0628. The summed E-state index contributed by atoms with van der Waals surface area (Å²) in [6.45, 7) is 3.97. The molecule has 1 heterocycles. The minimum Gasteiger partial charge on any atom is -0.298 e. The van der Waals surface area contributed by atoms with E-state index in [0.29, 0.717) is 5.13 Å². The average molecular weight is 286 g/mol. The highest BCUT2D eigenvalue weighted by Crippen LogP contribution is 2.24. The van der Waals surface area contributed by atoms with E-state index in [1.165, 1.54) is 35.3 Å². The fourth-order valence-corrected chi connectivity index (χ4v) is 3.38. The number of nitrogens with zero attached hydrogens (tertiary/aromatic N) is 1. The number of fused-ring (bicyclic) bond motifs is 1. The Balaban J connectivity index is 1.80. The van der Waals surface area contributed by atoms with Crippen LogP contribution in [0.5, 0.6) is 0 Å². The molecule has 1 amide bonds. The molecule has 2 aromatic rings. The maximum absolute atomic E-state index is 12.3. The molecule has 1 aliphatic rings. The number of hydrogen-bond acceptors (Lipinski definition) is 3. The normalized spacial score (nSPS) is 13.9. The van der Waals surface area contributed by atoms with Gasteiger partial charge in [0.05, 0.1) is 5.69 Å². The van der Waals surface area contributed by atoms with Gasteiger partial charge in [-0.3, -0.25) is 10.1 Å². The number of amides is 1. The SMILES string of the molecule is Cc1nc(NC(=O)c2ccc3c(c2)CCCC3)sc1C. The second kappa shape index (κ2) is 5.37. The number of benzene rings is 1. The van der Waals surface area contributed by atoms with Crippen molar-refractivity contribution >= 4 is 22.4 Å². The zero-order chi connectivity index (χ0) is 14.1. The summed E-state index contributed by atoms with van der Waals surface area (Å²) in [5.41, 5.74) is 4.44. The molecule has 1 aromatic heterocycles. The zero-order valence-electron chi connectivity index (χ0n) is 11.8. The van der Waals surface area contributed by atoms with E-state index >= 15 is 0 Å². The zero-order valence-corrected chi connectivity index (χ0v) is 12.6. The van der Waals surface area contributed by atoms with E-state index in [2.05, 4.69) is 16.4 Å². The summed E-state index contributed by atoms with van der Waals surface area (Å²) < 4.78 is 0. The Hall–Kier alpha value is -1.68. The summed E-state index contributed by atoms with van der Waals surface area (Å²) in [6, 6.07) is 6.06. The highest BCUT2D eigenvalue weighted by Gasteiger charge is 2.14. The molecular weight excluding hydrogens is 268 g/mol. The fourth-order valence-electron chi connectivity index (χ4n) is 2.57. The molecule has 1 aliphatic carbocycles. The minimum atomic E-state index is -0.0628. The molecule has 0 spiro atoms. The molecule has 1 aromatic carbocycles. The Morgan fingerprint density at radius 3 is 2.65 bits per heavy atom. The maximum Gasteiger partial charge on any atom is 0.257 e. The molecular formula is C16H18N2OS. The largest absolute Gasteiger partial charge is 0.298 e. The molecule has 0 saturated heterocycles. The van der Waals surface area contributed by atoms with Crippen molar-refractivity contribution in [3.05, 3.63) is 45.5 Å². The molecule has 1 N–H and O–H groups in total. The van der Waals surface area contributed by atoms with E-state index in [1.807, 2.05) is 26.0 Å². The lowest BCUT2D eigenvalue weighted by atomic mass is 9.90. The van der Waals surface area contributed by atoms with Crippen molar-refractivity contribution in [2.75, 3.05) is 5.32 Å². The van der Waals surface area contributed by atoms with Crippen LogP contribution in [0.25, 0.3) is 0 Å². The molecule has 0 unspecified atom stereocenters. The van der Waals surface area contributed by atoms with Crippen molar-refractivity contribution in [1.82, 2.24) is 4.98 Å². The van der Waals surface area contributed by atoms with Gasteiger partial charge in [-0.2, -0.15) is 0 Å². The van der Waals surface area contributed by atoms with E-state index < -0.39 is 0 Å². The molecule has 3 rings (SSSR count). The first-order valence-electron chi connectivity index (χ1n) is 7.00. The summed E-state index contributed by atoms with van der Waals surface area (Å²) in [4.78, 5) is 17.8. The van der Waals surface area contributed by atoms with Gasteiger partial charge in [0.25, 0.3) is 5.91 Å². The van der Waals surface area contributed by atoms with E-state index in [4.69, 9.17) is 0 Å². The first-order chi connectivity index (χ1) is 9.63. The van der Waals surface area contributed by atoms with Gasteiger partial charge in [0.2, 0.25) is 0 Å². The number of carbonyl (C=O) groups is 1. The number of hydrogen-bond donors (Lipinski definition) is 1. The third-order valence-corrected chi connectivity index (χ3v) is 4.85. The first kappa shape index (κ1) is 13.3. The third kappa shape index (κ3) is 2.61. The predicted octanol–water partition coefficient (Wildman–Crippen LogP) is 3.89. The Kier molecular flexibility index (Phi) is 3.57. The molecule has 4 heteroatoms. The lowest BCUT2D eigenvalue weighted by Gasteiger charge is -2.16. The monoisotopic (exact) mass is 286 g/mol. The van der Waals surface area contributed by atoms with Crippen LogP contribution in [0.2, 0.25) is 0 Å². The van der Waals surface area contributed by atoms with Crippen LogP contribution in [0.4, 0.5) is 5.13 Å². The lowest BCUT2D eigenvalue weighted by Crippen LogP contribution is -2.13. The topological polar surface area (TPSA) is 42.0 Å². The van der Waals surface area contributed by atoms with Crippen molar-refractivity contribution in [3.63, 3.8) is 0 Å². The van der Waals surface area contributed by atoms with Crippen molar-refractivity contribution in [1.29, 1.82) is 0 Å². The predicted molar refractivity (Wildman–Crippen MR) is 82.6 cm³/mol. The van der Waals surface area contributed by atoms with Crippen LogP contribution in [-0.2, 0) is 12.8 Å². The molecule has 0 radical (unpaired) electrons. The van der Waals surface area contributed by atoms with Gasteiger partial charge in [-0.25, -0.2) is 4.98 Å². The Morgan fingerprint density at radius 2 is 1.95 bits per heavy atom. The second-order valence-electron chi connectivity index (χ2n) is 5.31. The van der Waals surface area contributed by atoms with Crippen LogP contribution in [0, 0.1) is 13.8 Å². The van der Waals surface area contributed by atoms with E-state index in [0.717, 1.165) is 29.0 Å². The van der Waals surface area contributed by atoms with Gasteiger partial charge in [0.1, 0.15) is 0 Å². The standard InChI is InChI=1S/C16H18N2OS/c1-10-11(2)20-16(17-10)18-15(19)14-8-7-12-5-3-4-6-13(12)9-14/h7-9H,3-6H2,1-2H3,(H,17,18,19). The van der Waals surface area contributed by atoms with Gasteiger partial charge in [0.15, 0.2) is 5.13 Å². The fraction of sp³-hybridized carbons (Fsp3) is 0.375. The van der Waals surface area contributed by atoms with Crippen LogP contribution in [-0.4, -0.2) is 10.9 Å². The van der Waals surface area contributed by atoms with Gasteiger partial charge in [-0.05, 0) is 62.8 Å². The van der Waals surface area contributed by atoms with Crippen molar-refractivity contribution in [2.45, 2.75) is 39.5 Å². The highest BCUT2D eigenvalue weighted by molar-refractivity contribution is 7.15. The van der Waals surface area contributed by atoms with Gasteiger partial charge in [0, 0.05) is 10.4 Å². The number of anilines is 1. The van der Waals surface area contributed by atoms with Crippen molar-refractivity contribution < 1.29 is 4.79 Å². The number of aromatic nitrogens is 1. The molecule has 0 atom stereocenters. The molecule has 0 saturated carbocycles. The Morgan fingerprint density at radius 1 is 1.20 bits per heavy atom. The number of nitrogens with one attached hydrogen (secondary N) is 1. The third-order valence-electron chi connectivity index (χ3n) is 3.86. The van der Waals surface area contributed by atoms with Crippen LogP contribution in [0.3, 0.4) is 0 Å². The molecule has 0 aliphatic heterocycles. The van der Waals surface area contributed by atoms with Crippen molar-refractivity contribution in [2.24, 2.45) is 0 Å². The number of rotatable bonds is 2. The number of aryl methyl sites for hydroxylation is 4. The Labute approximate surface area is 123 Å². The maximum atomic E-state index is 12.3. The van der Waals surface area contributed by atoms with Gasteiger partial charge in [-0.15, -0.1) is 11.3 Å². The van der Waals surface area contributed by atoms with Crippen LogP contribution in [0.1, 0.15) is 44.9 Å². The quantitative estimate of drug-likeness (QED) is 0.910. The summed E-state index contributed by atoms with van der Waals surface area (Å²) in [5.74, 6) is -0.0628. The molecule has 3 nitrogen and oxygen atoms in total. The summed E-state index contributed by atoms with van der Waals surface area (Å²) in [7, 11) is 0. The number of carbonyl (C=O) groups excluding carboxylic acids is 1. The van der Waals surface area contributed by atoms with E-state index in [1.54, 1.807) is 0 Å². The van der Waals surface area contributed by atoms with Gasteiger partial charge >= 0.3 is 0 Å². The molecule has 0 bridgehead atoms. The smallest absolute Gasteiger partial charge is 0.257 e. The summed E-state index contributed by atoms with van der Waals surface area (Å²) in [5, 5.41) is 3.58. The van der Waals surface area contributed by atoms with Crippen LogP contribution in [0.15, 0.2) is 18.2 Å². The summed E-state index contributed by atoms with van der Waals surface area (Å²) in [6.07, 6.45) is 4.72. The van der Waals surface area contributed by atoms with E-state index in [-0.39, 0.29) is 5.91 Å². The summed E-state index contributed by atoms with van der Waals surface area (Å²) >= 11 is 1.52. The first-order valence-corrected chi connectivity index (χ1v) is 7.82. The van der Waals surface area contributed by atoms with Gasteiger partial charge in [-0.1, -0.05) is 6.07 Å². The Bertz CT molecular complexity index is 641. The average Bonchev–Trinajstić information content (AvgIpc) is 2.76. The lowest BCUT2D eigenvalue weighted by molar-refractivity contribution is 0.102. The van der Waals surface area contributed by atoms with Gasteiger partial charge < -0.3 is 0 Å². The molecule has 104 valence electrons. The van der Waals surface area contributed by atoms with Crippen LogP contribution >= 0.6 is 11.3 Å². The molecule has 0 fully saturated rings. The highest BCUT2D eigenvalue weighted by atomic mass is 32.1. The molecule has 20 heavy (non-hydrogen) atoms. The van der Waals surface area contributed by atoms with E-state index in [9.17, 15) is 4.79 Å². The number of thiazole rings is 1. The van der Waals surface area contributed by atoms with Crippen LogP contribution < -0.4 is 5.32 Å².